The molecule has 2 rings (SSSR count). The van der Waals surface area contributed by atoms with Crippen molar-refractivity contribution >= 4 is 15.9 Å². The molecule has 1 aromatic rings. The zero-order valence-electron chi connectivity index (χ0n) is 12.7. The maximum atomic E-state index is 6.02. The van der Waals surface area contributed by atoms with Gasteiger partial charge in [0.25, 0.3) is 0 Å². The van der Waals surface area contributed by atoms with Crippen molar-refractivity contribution in [3.63, 3.8) is 0 Å². The molecule has 1 aliphatic carbocycles. The van der Waals surface area contributed by atoms with E-state index in [1.807, 2.05) is 0 Å². The molecule has 0 aromatic heterocycles. The van der Waals surface area contributed by atoms with Gasteiger partial charge in [0.2, 0.25) is 0 Å². The van der Waals surface area contributed by atoms with E-state index in [1.54, 1.807) is 0 Å². The zero-order valence-corrected chi connectivity index (χ0v) is 14.2. The summed E-state index contributed by atoms with van der Waals surface area (Å²) in [6.45, 7) is 7.00. The first-order chi connectivity index (χ1) is 9.61. The molecule has 0 bridgehead atoms. The Morgan fingerprint density at radius 1 is 1.45 bits per heavy atom. The summed E-state index contributed by atoms with van der Waals surface area (Å²) in [4.78, 5) is 2.39. The van der Waals surface area contributed by atoms with Gasteiger partial charge in [-0.05, 0) is 45.5 Å². The lowest BCUT2D eigenvalue weighted by Gasteiger charge is -2.20. The van der Waals surface area contributed by atoms with Gasteiger partial charge in [0.1, 0.15) is 12.4 Å². The summed E-state index contributed by atoms with van der Waals surface area (Å²) in [7, 11) is 2.18. The second kappa shape index (κ2) is 7.43. The fourth-order valence-electron chi connectivity index (χ4n) is 2.40. The normalized spacial score (nSPS) is 16.4. The smallest absolute Gasteiger partial charge is 0.125 e. The van der Waals surface area contributed by atoms with Crippen LogP contribution in [0.15, 0.2) is 22.7 Å². The van der Waals surface area contributed by atoms with Crippen molar-refractivity contribution in [2.45, 2.75) is 38.8 Å². The predicted octanol–water partition coefficient (Wildman–Crippen LogP) is 3.59. The largest absolute Gasteiger partial charge is 0.492 e. The van der Waals surface area contributed by atoms with Crippen molar-refractivity contribution in [3.05, 3.63) is 28.2 Å². The highest BCUT2D eigenvalue weighted by Gasteiger charge is 2.25. The number of nitrogens with zero attached hydrogens (tertiary/aromatic N) is 1. The molecule has 0 saturated heterocycles. The Kier molecular flexibility index (Phi) is 5.87. The first kappa shape index (κ1) is 15.8. The van der Waals surface area contributed by atoms with Crippen molar-refractivity contribution in [2.24, 2.45) is 0 Å². The third-order valence-electron chi connectivity index (χ3n) is 3.82. The summed E-state index contributed by atoms with van der Waals surface area (Å²) in [5.41, 5.74) is 1.23. The fourth-order valence-corrected chi connectivity index (χ4v) is 2.74. The van der Waals surface area contributed by atoms with Crippen LogP contribution in [0.3, 0.4) is 0 Å². The lowest BCUT2D eigenvalue weighted by Crippen LogP contribution is -2.26. The molecule has 4 heteroatoms. The van der Waals surface area contributed by atoms with Crippen molar-refractivity contribution in [2.75, 3.05) is 26.7 Å². The number of likely N-dealkylation sites (N-methyl/N-ethyl adjacent to an activating group) is 1. The summed E-state index contributed by atoms with van der Waals surface area (Å²) in [5.74, 6) is 0.983. The van der Waals surface area contributed by atoms with Gasteiger partial charge in [0.15, 0.2) is 0 Å². The molecule has 3 nitrogen and oxygen atoms in total. The van der Waals surface area contributed by atoms with Gasteiger partial charge in [-0.15, -0.1) is 0 Å². The van der Waals surface area contributed by atoms with Gasteiger partial charge in [-0.1, -0.05) is 28.9 Å². The number of benzene rings is 1. The highest BCUT2D eigenvalue weighted by atomic mass is 79.9. The number of ether oxygens (including phenoxy) is 1. The van der Waals surface area contributed by atoms with Gasteiger partial charge in [0.05, 0.1) is 0 Å². The first-order valence-electron chi connectivity index (χ1n) is 7.47. The van der Waals surface area contributed by atoms with Crippen LogP contribution < -0.4 is 10.1 Å². The molecule has 0 radical (unpaired) electrons. The standard InChI is InChI=1S/C16H25BrN2O/c1-4-18-12(2)15-8-5-13(17)11-16(15)20-10-9-19(3)14-6-7-14/h5,8,11-12,14,18H,4,6-7,9-10H2,1-3H3. The minimum atomic E-state index is 0.310. The van der Waals surface area contributed by atoms with Gasteiger partial charge < -0.3 is 15.0 Å². The second-order valence-corrected chi connectivity index (χ2v) is 6.44. The van der Waals surface area contributed by atoms with Gasteiger partial charge in [-0.25, -0.2) is 0 Å². The average Bonchev–Trinajstić information content (AvgIpc) is 3.23. The maximum Gasteiger partial charge on any atom is 0.125 e. The molecular weight excluding hydrogens is 316 g/mol. The van der Waals surface area contributed by atoms with Crippen LogP contribution in [0.2, 0.25) is 0 Å². The van der Waals surface area contributed by atoms with E-state index in [1.165, 1.54) is 18.4 Å². The van der Waals surface area contributed by atoms with E-state index in [2.05, 4.69) is 65.2 Å². The van der Waals surface area contributed by atoms with E-state index >= 15 is 0 Å². The van der Waals surface area contributed by atoms with Crippen LogP contribution in [-0.4, -0.2) is 37.7 Å². The fraction of sp³-hybridized carbons (Fsp3) is 0.625. The molecule has 1 unspecified atom stereocenters. The van der Waals surface area contributed by atoms with Crippen LogP contribution in [-0.2, 0) is 0 Å². The van der Waals surface area contributed by atoms with Crippen LogP contribution in [0, 0.1) is 0 Å². The van der Waals surface area contributed by atoms with E-state index in [-0.39, 0.29) is 0 Å². The average molecular weight is 341 g/mol. The molecule has 0 amide bonds. The lowest BCUT2D eigenvalue weighted by molar-refractivity contribution is 0.229. The summed E-state index contributed by atoms with van der Waals surface area (Å²) >= 11 is 3.53. The predicted molar refractivity (Wildman–Crippen MR) is 87.4 cm³/mol. The van der Waals surface area contributed by atoms with Crippen LogP contribution in [0.4, 0.5) is 0 Å². The van der Waals surface area contributed by atoms with Crippen molar-refractivity contribution in [3.8, 4) is 5.75 Å². The summed E-state index contributed by atoms with van der Waals surface area (Å²) < 4.78 is 7.09. The number of rotatable bonds is 8. The monoisotopic (exact) mass is 340 g/mol. The van der Waals surface area contributed by atoms with E-state index in [9.17, 15) is 0 Å². The molecule has 0 heterocycles. The Morgan fingerprint density at radius 3 is 2.85 bits per heavy atom. The molecule has 1 atom stereocenters. The van der Waals surface area contributed by atoms with Crippen LogP contribution in [0.25, 0.3) is 0 Å². The Hall–Kier alpha value is -0.580. The number of halogens is 1. The Bertz CT molecular complexity index is 434. The van der Waals surface area contributed by atoms with Crippen LogP contribution in [0.1, 0.15) is 38.3 Å². The first-order valence-corrected chi connectivity index (χ1v) is 8.27. The molecule has 1 aliphatic rings. The minimum Gasteiger partial charge on any atom is -0.492 e. The van der Waals surface area contributed by atoms with Gasteiger partial charge >= 0.3 is 0 Å². The number of nitrogens with one attached hydrogen (secondary N) is 1. The molecule has 0 spiro atoms. The van der Waals surface area contributed by atoms with Gasteiger partial charge in [0, 0.05) is 28.7 Å². The van der Waals surface area contributed by atoms with E-state index in [0.29, 0.717) is 6.04 Å². The SMILES string of the molecule is CCNC(C)c1ccc(Br)cc1OCCN(C)C1CC1. The van der Waals surface area contributed by atoms with Gasteiger partial charge in [-0.2, -0.15) is 0 Å². The van der Waals surface area contributed by atoms with E-state index in [0.717, 1.165) is 36.0 Å². The van der Waals surface area contributed by atoms with Crippen molar-refractivity contribution in [1.82, 2.24) is 10.2 Å². The molecule has 1 aromatic carbocycles. The van der Waals surface area contributed by atoms with Crippen LogP contribution in [0.5, 0.6) is 5.75 Å². The molecule has 1 N–H and O–H groups in total. The quantitative estimate of drug-likeness (QED) is 0.782. The van der Waals surface area contributed by atoms with Crippen molar-refractivity contribution < 1.29 is 4.74 Å². The summed E-state index contributed by atoms with van der Waals surface area (Å²) in [6.07, 6.45) is 2.69. The molecular formula is C16H25BrN2O. The Balaban J connectivity index is 1.95. The molecule has 1 fully saturated rings. The Labute approximate surface area is 130 Å². The number of hydrogen-bond acceptors (Lipinski definition) is 3. The minimum absolute atomic E-state index is 0.310. The van der Waals surface area contributed by atoms with E-state index in [4.69, 9.17) is 4.74 Å². The van der Waals surface area contributed by atoms with E-state index < -0.39 is 0 Å². The molecule has 1 saturated carbocycles. The summed E-state index contributed by atoms with van der Waals surface area (Å²) in [6, 6.07) is 7.38. The lowest BCUT2D eigenvalue weighted by atomic mass is 10.1. The highest BCUT2D eigenvalue weighted by Crippen LogP contribution is 2.29. The van der Waals surface area contributed by atoms with Gasteiger partial charge in [-0.3, -0.25) is 0 Å². The third-order valence-corrected chi connectivity index (χ3v) is 4.32. The van der Waals surface area contributed by atoms with Crippen LogP contribution >= 0.6 is 15.9 Å². The zero-order chi connectivity index (χ0) is 14.5. The Morgan fingerprint density at radius 2 is 2.20 bits per heavy atom. The van der Waals surface area contributed by atoms with Crippen molar-refractivity contribution in [1.29, 1.82) is 0 Å². The molecule has 112 valence electrons. The summed E-state index contributed by atoms with van der Waals surface area (Å²) in [5, 5.41) is 3.44. The number of hydrogen-bond donors (Lipinski definition) is 1. The second-order valence-electron chi connectivity index (χ2n) is 5.52. The third kappa shape index (κ3) is 4.47. The topological polar surface area (TPSA) is 24.5 Å². The molecule has 0 aliphatic heterocycles. The highest BCUT2D eigenvalue weighted by molar-refractivity contribution is 9.10. The maximum absolute atomic E-state index is 6.02. The molecule has 20 heavy (non-hydrogen) atoms.